The number of benzene rings is 1. The summed E-state index contributed by atoms with van der Waals surface area (Å²) >= 11 is 0. The summed E-state index contributed by atoms with van der Waals surface area (Å²) in [6.45, 7) is 4.84. The Morgan fingerprint density at radius 1 is 0.950 bits per heavy atom. The van der Waals surface area contributed by atoms with Gasteiger partial charge in [0.2, 0.25) is 0 Å². The van der Waals surface area contributed by atoms with Crippen LogP contribution in [0.4, 0.5) is 21.9 Å². The molecule has 1 aromatic carbocycles. The van der Waals surface area contributed by atoms with Crippen molar-refractivity contribution in [3.63, 3.8) is 0 Å². The zero-order chi connectivity index (χ0) is 29.3. The minimum absolute atomic E-state index is 0.0963. The topological polar surface area (TPSA) is 176 Å². The summed E-state index contributed by atoms with van der Waals surface area (Å²) in [4.78, 5) is 55.9. The van der Waals surface area contributed by atoms with Gasteiger partial charge in [-0.15, -0.1) is 10.2 Å². The van der Waals surface area contributed by atoms with E-state index in [4.69, 9.17) is 14.2 Å². The lowest BCUT2D eigenvalue weighted by molar-refractivity contribution is -0.384. The van der Waals surface area contributed by atoms with E-state index in [0.717, 1.165) is 0 Å². The lowest BCUT2D eigenvalue weighted by Gasteiger charge is -2.22. The van der Waals surface area contributed by atoms with Gasteiger partial charge in [0.05, 0.1) is 23.0 Å². The van der Waals surface area contributed by atoms with Gasteiger partial charge in [0.1, 0.15) is 41.6 Å². The number of hydrogen-bond acceptors (Lipinski definition) is 12. The number of carbonyl (C=O) groups excluding carboxylic acids is 3. The summed E-state index contributed by atoms with van der Waals surface area (Å²) in [7, 11) is 1.48. The van der Waals surface area contributed by atoms with Crippen LogP contribution in [0.5, 0.6) is 5.75 Å². The van der Waals surface area contributed by atoms with Crippen molar-refractivity contribution in [1.29, 1.82) is 0 Å². The smallest absolute Gasteiger partial charge is 0.459 e. The van der Waals surface area contributed by atoms with Crippen molar-refractivity contribution in [1.82, 2.24) is 14.9 Å². The maximum absolute atomic E-state index is 12.5. The second-order valence-electron chi connectivity index (χ2n) is 9.25. The number of aromatic nitrogens is 2. The number of rotatable bonds is 9. The second kappa shape index (κ2) is 13.0. The van der Waals surface area contributed by atoms with Gasteiger partial charge in [-0.25, -0.2) is 9.78 Å². The van der Waals surface area contributed by atoms with Crippen LogP contribution in [0, 0.1) is 10.1 Å². The van der Waals surface area contributed by atoms with E-state index < -0.39 is 28.6 Å². The Morgan fingerprint density at radius 2 is 1.57 bits per heavy atom. The van der Waals surface area contributed by atoms with Crippen molar-refractivity contribution >= 4 is 35.1 Å². The van der Waals surface area contributed by atoms with E-state index >= 15 is 0 Å². The molecule has 3 rings (SSSR count). The Morgan fingerprint density at radius 3 is 2.10 bits per heavy atom. The standard InChI is InChI=1S/C26H26N6O8/c1-26(2,3)40-23(33)15-31(4)24(34)22-12-7-18(14-28-22)30-29-17-5-6-19(27-13-17)16-38-25(35)39-21-10-8-20(9-11-21)32(36)37/h5-14H,15-16H2,1-4H3/b30-29+. The van der Waals surface area contributed by atoms with Crippen LogP contribution in [0.2, 0.25) is 0 Å². The number of carbonyl (C=O) groups is 3. The van der Waals surface area contributed by atoms with Gasteiger partial charge in [-0.05, 0) is 57.2 Å². The van der Waals surface area contributed by atoms with Crippen LogP contribution in [0.3, 0.4) is 0 Å². The highest BCUT2D eigenvalue weighted by Crippen LogP contribution is 2.19. The van der Waals surface area contributed by atoms with Crippen LogP contribution in [0.1, 0.15) is 37.0 Å². The molecule has 2 heterocycles. The van der Waals surface area contributed by atoms with Gasteiger partial charge in [-0.3, -0.25) is 24.7 Å². The van der Waals surface area contributed by atoms with Gasteiger partial charge in [0.15, 0.2) is 0 Å². The summed E-state index contributed by atoms with van der Waals surface area (Å²) in [5, 5.41) is 18.8. The fraction of sp³-hybridized carbons (Fsp3) is 0.269. The molecule has 0 aliphatic rings. The summed E-state index contributed by atoms with van der Waals surface area (Å²) in [6, 6.07) is 11.2. The summed E-state index contributed by atoms with van der Waals surface area (Å²) in [5.41, 5.74) is 0.554. The number of esters is 1. The number of amides is 1. The maximum Gasteiger partial charge on any atom is 0.514 e. The minimum atomic E-state index is -0.995. The third-order valence-electron chi connectivity index (χ3n) is 4.78. The monoisotopic (exact) mass is 550 g/mol. The number of ether oxygens (including phenoxy) is 3. The van der Waals surface area contributed by atoms with E-state index in [0.29, 0.717) is 17.1 Å². The van der Waals surface area contributed by atoms with Crippen LogP contribution in [0.15, 0.2) is 71.2 Å². The molecule has 0 unspecified atom stereocenters. The van der Waals surface area contributed by atoms with Crippen molar-refractivity contribution in [3.05, 3.63) is 82.4 Å². The highest BCUT2D eigenvalue weighted by molar-refractivity contribution is 5.94. The zero-order valence-corrected chi connectivity index (χ0v) is 22.1. The molecule has 0 spiro atoms. The SMILES string of the molecule is CN(CC(=O)OC(C)(C)C)C(=O)c1ccc(/N=N/c2ccc(COC(=O)Oc3ccc([N+](=O)[O-])cc3)nc2)cn1. The molecular weight excluding hydrogens is 524 g/mol. The third-order valence-corrected chi connectivity index (χ3v) is 4.78. The predicted octanol–water partition coefficient (Wildman–Crippen LogP) is 4.93. The van der Waals surface area contributed by atoms with E-state index in [1.54, 1.807) is 39.0 Å². The molecule has 1 amide bonds. The fourth-order valence-corrected chi connectivity index (χ4v) is 2.98. The first-order valence-electron chi connectivity index (χ1n) is 11.8. The van der Waals surface area contributed by atoms with Crippen LogP contribution in [-0.4, -0.2) is 57.0 Å². The van der Waals surface area contributed by atoms with Gasteiger partial charge in [-0.1, -0.05) is 0 Å². The summed E-state index contributed by atoms with van der Waals surface area (Å²) < 4.78 is 15.2. The van der Waals surface area contributed by atoms with E-state index in [1.165, 1.54) is 54.7 Å². The lowest BCUT2D eigenvalue weighted by Crippen LogP contribution is -2.36. The molecule has 0 N–H and O–H groups in total. The summed E-state index contributed by atoms with van der Waals surface area (Å²) in [5.74, 6) is -0.880. The number of non-ortho nitro benzene ring substituents is 1. The number of azo groups is 1. The summed E-state index contributed by atoms with van der Waals surface area (Å²) in [6.07, 6.45) is 1.79. The molecule has 0 fully saturated rings. The number of pyridine rings is 2. The predicted molar refractivity (Wildman–Crippen MR) is 139 cm³/mol. The molecule has 208 valence electrons. The molecule has 0 saturated carbocycles. The molecule has 0 bridgehead atoms. The van der Waals surface area contributed by atoms with Crippen molar-refractivity contribution < 1.29 is 33.5 Å². The molecule has 14 heteroatoms. The molecule has 14 nitrogen and oxygen atoms in total. The Bertz CT molecular complexity index is 1380. The van der Waals surface area contributed by atoms with Crippen LogP contribution >= 0.6 is 0 Å². The molecule has 0 saturated heterocycles. The van der Waals surface area contributed by atoms with Gasteiger partial charge < -0.3 is 19.1 Å². The molecule has 3 aromatic rings. The molecule has 2 aromatic heterocycles. The van der Waals surface area contributed by atoms with Crippen molar-refractivity contribution in [3.8, 4) is 5.75 Å². The Labute approximate surface area is 228 Å². The van der Waals surface area contributed by atoms with Crippen molar-refractivity contribution in [2.45, 2.75) is 33.0 Å². The minimum Gasteiger partial charge on any atom is -0.459 e. The number of nitrogens with zero attached hydrogens (tertiary/aromatic N) is 6. The van der Waals surface area contributed by atoms with Crippen molar-refractivity contribution in [2.24, 2.45) is 10.2 Å². The van der Waals surface area contributed by atoms with Crippen LogP contribution in [0.25, 0.3) is 0 Å². The Hall–Kier alpha value is -5.27. The van der Waals surface area contributed by atoms with Crippen LogP contribution in [-0.2, 0) is 20.9 Å². The molecule has 0 aliphatic heterocycles. The van der Waals surface area contributed by atoms with E-state index in [1.807, 2.05) is 0 Å². The average molecular weight is 551 g/mol. The normalized spacial score (nSPS) is 11.1. The van der Waals surface area contributed by atoms with Crippen molar-refractivity contribution in [2.75, 3.05) is 13.6 Å². The largest absolute Gasteiger partial charge is 0.514 e. The molecule has 0 aliphatic carbocycles. The van der Waals surface area contributed by atoms with Gasteiger partial charge in [-0.2, -0.15) is 0 Å². The average Bonchev–Trinajstić information content (AvgIpc) is 2.90. The van der Waals surface area contributed by atoms with Gasteiger partial charge >= 0.3 is 12.1 Å². The first-order chi connectivity index (χ1) is 18.9. The maximum atomic E-state index is 12.5. The first-order valence-corrected chi connectivity index (χ1v) is 11.8. The van der Waals surface area contributed by atoms with E-state index in [9.17, 15) is 24.5 Å². The molecular formula is C26H26N6O8. The quantitative estimate of drug-likeness (QED) is 0.117. The van der Waals surface area contributed by atoms with Gasteiger partial charge in [0.25, 0.3) is 11.6 Å². The van der Waals surface area contributed by atoms with Gasteiger partial charge in [0, 0.05) is 19.2 Å². The zero-order valence-electron chi connectivity index (χ0n) is 22.1. The Kier molecular flexibility index (Phi) is 9.52. The first kappa shape index (κ1) is 29.3. The Balaban J connectivity index is 1.48. The van der Waals surface area contributed by atoms with E-state index in [-0.39, 0.29) is 30.3 Å². The number of hydrogen-bond donors (Lipinski definition) is 0. The molecule has 40 heavy (non-hydrogen) atoms. The number of nitro benzene ring substituents is 1. The molecule has 0 radical (unpaired) electrons. The lowest BCUT2D eigenvalue weighted by atomic mass is 10.2. The second-order valence-corrected chi connectivity index (χ2v) is 9.25. The van der Waals surface area contributed by atoms with Crippen LogP contribution < -0.4 is 4.74 Å². The molecule has 0 atom stereocenters. The highest BCUT2D eigenvalue weighted by atomic mass is 16.7. The van der Waals surface area contributed by atoms with E-state index in [2.05, 4.69) is 20.2 Å². The number of nitro groups is 1. The number of likely N-dealkylation sites (N-methyl/N-ethyl adjacent to an activating group) is 1. The fourth-order valence-electron chi connectivity index (χ4n) is 2.98. The third kappa shape index (κ3) is 9.24. The highest BCUT2D eigenvalue weighted by Gasteiger charge is 2.21.